The minimum atomic E-state index is -0.412. The lowest BCUT2D eigenvalue weighted by atomic mass is 10.1. The Bertz CT molecular complexity index is 632. The van der Waals surface area contributed by atoms with Crippen molar-refractivity contribution < 1.29 is 13.9 Å². The Kier molecular flexibility index (Phi) is 3.59. The summed E-state index contributed by atoms with van der Waals surface area (Å²) in [7, 11) is 0. The fourth-order valence-corrected chi connectivity index (χ4v) is 2.64. The van der Waals surface area contributed by atoms with Crippen LogP contribution in [0.5, 0.6) is 0 Å². The predicted molar refractivity (Wildman–Crippen MR) is 77.1 cm³/mol. The van der Waals surface area contributed by atoms with E-state index in [-0.39, 0.29) is 5.78 Å². The lowest BCUT2D eigenvalue weighted by molar-refractivity contribution is -0.0160. The molecular formula is C16H19NO3. The van der Waals surface area contributed by atoms with Gasteiger partial charge in [0.2, 0.25) is 5.78 Å². The van der Waals surface area contributed by atoms with Gasteiger partial charge >= 0.3 is 0 Å². The number of likely N-dealkylation sites (N-methyl/N-ethyl adjacent to an activating group) is 1. The van der Waals surface area contributed by atoms with Gasteiger partial charge in [-0.2, -0.15) is 0 Å². The van der Waals surface area contributed by atoms with Crippen molar-refractivity contribution in [1.29, 1.82) is 0 Å². The fraction of sp³-hybridized carbons (Fsp3) is 0.438. The number of fused-ring (bicyclic) bond motifs is 1. The molecule has 1 fully saturated rings. The van der Waals surface area contributed by atoms with Crippen LogP contribution in [0.2, 0.25) is 0 Å². The second kappa shape index (κ2) is 5.38. The van der Waals surface area contributed by atoms with Crippen molar-refractivity contribution in [3.05, 3.63) is 35.6 Å². The number of furan rings is 1. The second-order valence-corrected chi connectivity index (χ2v) is 5.22. The first-order valence-corrected chi connectivity index (χ1v) is 7.06. The number of aryl methyl sites for hydroxylation is 1. The van der Waals surface area contributed by atoms with Gasteiger partial charge in [0.25, 0.3) is 0 Å². The van der Waals surface area contributed by atoms with E-state index in [1.807, 2.05) is 31.2 Å². The van der Waals surface area contributed by atoms with Crippen LogP contribution in [0, 0.1) is 6.92 Å². The SMILES string of the molecule is CCN1CCOC(C(=O)c2cc3cccc(C)c3o2)C1. The van der Waals surface area contributed by atoms with E-state index in [0.717, 1.165) is 29.6 Å². The van der Waals surface area contributed by atoms with Crippen LogP contribution in [0.25, 0.3) is 11.0 Å². The topological polar surface area (TPSA) is 42.7 Å². The van der Waals surface area contributed by atoms with Crippen LogP contribution in [0.15, 0.2) is 28.7 Å². The summed E-state index contributed by atoms with van der Waals surface area (Å²) in [5.41, 5.74) is 1.83. The average Bonchev–Trinajstić information content (AvgIpc) is 2.92. The monoisotopic (exact) mass is 273 g/mol. The first-order chi connectivity index (χ1) is 9.69. The lowest BCUT2D eigenvalue weighted by Crippen LogP contribution is -2.45. The van der Waals surface area contributed by atoms with Gasteiger partial charge in [0, 0.05) is 18.5 Å². The number of carbonyl (C=O) groups excluding carboxylic acids is 1. The number of carbonyl (C=O) groups is 1. The smallest absolute Gasteiger partial charge is 0.227 e. The summed E-state index contributed by atoms with van der Waals surface area (Å²) in [6, 6.07) is 7.73. The number of ketones is 1. The molecule has 0 aliphatic carbocycles. The maximum absolute atomic E-state index is 12.5. The molecule has 1 unspecified atom stereocenters. The number of hydrogen-bond acceptors (Lipinski definition) is 4. The summed E-state index contributed by atoms with van der Waals surface area (Å²) in [6.07, 6.45) is -0.412. The molecule has 0 bridgehead atoms. The first kappa shape index (κ1) is 13.3. The third-order valence-electron chi connectivity index (χ3n) is 3.87. The molecule has 20 heavy (non-hydrogen) atoms. The zero-order valence-electron chi connectivity index (χ0n) is 11.9. The Morgan fingerprint density at radius 2 is 2.30 bits per heavy atom. The number of hydrogen-bond donors (Lipinski definition) is 0. The normalized spacial score (nSPS) is 20.4. The van der Waals surface area contributed by atoms with E-state index < -0.39 is 6.10 Å². The molecule has 4 heteroatoms. The summed E-state index contributed by atoms with van der Waals surface area (Å²) in [5, 5.41) is 0.969. The third kappa shape index (κ3) is 2.37. The van der Waals surface area contributed by atoms with E-state index in [1.165, 1.54) is 0 Å². The summed E-state index contributed by atoms with van der Waals surface area (Å²) in [5.74, 6) is 0.344. The van der Waals surface area contributed by atoms with Gasteiger partial charge in [-0.3, -0.25) is 9.69 Å². The standard InChI is InChI=1S/C16H19NO3/c1-3-17-7-8-19-14(10-17)15(18)13-9-12-6-4-5-11(2)16(12)20-13/h4-6,9,14H,3,7-8,10H2,1-2H3. The Balaban J connectivity index is 1.86. The van der Waals surface area contributed by atoms with Crippen LogP contribution < -0.4 is 0 Å². The minimum Gasteiger partial charge on any atom is -0.453 e. The first-order valence-electron chi connectivity index (χ1n) is 7.06. The zero-order chi connectivity index (χ0) is 14.1. The largest absolute Gasteiger partial charge is 0.453 e. The molecule has 1 aromatic carbocycles. The van der Waals surface area contributed by atoms with Crippen molar-refractivity contribution in [2.75, 3.05) is 26.2 Å². The maximum atomic E-state index is 12.5. The molecule has 1 aliphatic rings. The highest BCUT2D eigenvalue weighted by molar-refractivity contribution is 6.01. The molecule has 4 nitrogen and oxygen atoms in total. The van der Waals surface area contributed by atoms with Crippen molar-refractivity contribution in [3.63, 3.8) is 0 Å². The van der Waals surface area contributed by atoms with Crippen molar-refractivity contribution in [2.24, 2.45) is 0 Å². The summed E-state index contributed by atoms with van der Waals surface area (Å²) >= 11 is 0. The summed E-state index contributed by atoms with van der Waals surface area (Å²) < 4.78 is 11.3. The van der Waals surface area contributed by atoms with Gasteiger partial charge in [0.05, 0.1) is 6.61 Å². The molecule has 2 aromatic rings. The van der Waals surface area contributed by atoms with E-state index >= 15 is 0 Å². The highest BCUT2D eigenvalue weighted by Gasteiger charge is 2.29. The molecule has 3 rings (SSSR count). The van der Waals surface area contributed by atoms with Crippen LogP contribution in [0.4, 0.5) is 0 Å². The minimum absolute atomic E-state index is 0.0567. The maximum Gasteiger partial charge on any atom is 0.227 e. The fourth-order valence-electron chi connectivity index (χ4n) is 2.64. The van der Waals surface area contributed by atoms with E-state index in [2.05, 4.69) is 11.8 Å². The Morgan fingerprint density at radius 3 is 3.05 bits per heavy atom. The number of benzene rings is 1. The van der Waals surface area contributed by atoms with E-state index in [1.54, 1.807) is 0 Å². The molecule has 0 radical (unpaired) electrons. The van der Waals surface area contributed by atoms with Crippen LogP contribution >= 0.6 is 0 Å². The van der Waals surface area contributed by atoms with E-state index in [4.69, 9.17) is 9.15 Å². The Labute approximate surface area is 118 Å². The highest BCUT2D eigenvalue weighted by atomic mass is 16.5. The van der Waals surface area contributed by atoms with Gasteiger partial charge in [0.15, 0.2) is 5.76 Å². The molecule has 0 amide bonds. The highest BCUT2D eigenvalue weighted by Crippen LogP contribution is 2.24. The van der Waals surface area contributed by atoms with Crippen LogP contribution in [0.3, 0.4) is 0 Å². The number of nitrogens with zero attached hydrogens (tertiary/aromatic N) is 1. The average molecular weight is 273 g/mol. The molecule has 2 heterocycles. The van der Waals surface area contributed by atoms with Crippen molar-refractivity contribution >= 4 is 16.8 Å². The van der Waals surface area contributed by atoms with Crippen LogP contribution in [-0.4, -0.2) is 43.0 Å². The second-order valence-electron chi connectivity index (χ2n) is 5.22. The quantitative estimate of drug-likeness (QED) is 0.806. The molecule has 0 spiro atoms. The van der Waals surface area contributed by atoms with Crippen molar-refractivity contribution in [3.8, 4) is 0 Å². The van der Waals surface area contributed by atoms with E-state index in [9.17, 15) is 4.79 Å². The Hall–Kier alpha value is -1.65. The van der Waals surface area contributed by atoms with Crippen molar-refractivity contribution in [1.82, 2.24) is 4.90 Å². The predicted octanol–water partition coefficient (Wildman–Crippen LogP) is 2.64. The number of para-hydroxylation sites is 1. The molecule has 1 saturated heterocycles. The van der Waals surface area contributed by atoms with Gasteiger partial charge < -0.3 is 9.15 Å². The van der Waals surface area contributed by atoms with Gasteiger partial charge in [-0.25, -0.2) is 0 Å². The van der Waals surface area contributed by atoms with Gasteiger partial charge in [0.1, 0.15) is 11.7 Å². The molecule has 106 valence electrons. The molecule has 0 saturated carbocycles. The lowest BCUT2D eigenvalue weighted by Gasteiger charge is -2.30. The molecule has 0 N–H and O–H groups in total. The molecule has 1 aromatic heterocycles. The molecule has 1 aliphatic heterocycles. The van der Waals surface area contributed by atoms with Gasteiger partial charge in [-0.1, -0.05) is 25.1 Å². The van der Waals surface area contributed by atoms with Gasteiger partial charge in [-0.05, 0) is 25.1 Å². The van der Waals surface area contributed by atoms with Crippen LogP contribution in [0.1, 0.15) is 23.0 Å². The molecular weight excluding hydrogens is 254 g/mol. The van der Waals surface area contributed by atoms with Crippen molar-refractivity contribution in [2.45, 2.75) is 20.0 Å². The number of morpholine rings is 1. The third-order valence-corrected chi connectivity index (χ3v) is 3.87. The zero-order valence-corrected chi connectivity index (χ0v) is 11.9. The summed E-state index contributed by atoms with van der Waals surface area (Å²) in [6.45, 7) is 7.15. The molecule has 1 atom stereocenters. The van der Waals surface area contributed by atoms with E-state index in [0.29, 0.717) is 18.9 Å². The van der Waals surface area contributed by atoms with Crippen LogP contribution in [-0.2, 0) is 4.74 Å². The Morgan fingerprint density at radius 1 is 1.45 bits per heavy atom. The van der Waals surface area contributed by atoms with Gasteiger partial charge in [-0.15, -0.1) is 0 Å². The number of rotatable bonds is 3. The summed E-state index contributed by atoms with van der Waals surface area (Å²) in [4.78, 5) is 14.7. The number of Topliss-reactive ketones (excluding diaryl/α,β-unsaturated/α-hetero) is 1. The number of ether oxygens (including phenoxy) is 1.